The number of amides is 4. The number of nitrogens with one attached hydrogen (secondary N) is 2. The highest BCUT2D eigenvalue weighted by Crippen LogP contribution is 2.52. The SMILES string of the molecule is CC[C@]12c3[nH]c4ccc(OC)cc4c3CCN1C(=O)C(CC(=O)NCCC1=CCCCC1)C[C@@H]2C(=O)N1CCN(C(=O)c2ccco2)CC1. The maximum Gasteiger partial charge on any atom is 0.289 e. The van der Waals surface area contributed by atoms with Gasteiger partial charge in [0.05, 0.1) is 24.8 Å². The van der Waals surface area contributed by atoms with E-state index in [0.29, 0.717) is 52.1 Å². The van der Waals surface area contributed by atoms with E-state index in [4.69, 9.17) is 9.15 Å². The average molecular weight is 670 g/mol. The highest BCUT2D eigenvalue weighted by atomic mass is 16.5. The van der Waals surface area contributed by atoms with Gasteiger partial charge in [0.15, 0.2) is 5.76 Å². The molecule has 0 bridgehead atoms. The minimum Gasteiger partial charge on any atom is -0.497 e. The summed E-state index contributed by atoms with van der Waals surface area (Å²) < 4.78 is 10.9. The lowest BCUT2D eigenvalue weighted by Gasteiger charge is -2.56. The molecule has 0 radical (unpaired) electrons. The molecule has 260 valence electrons. The van der Waals surface area contributed by atoms with Crippen LogP contribution in [0, 0.1) is 11.8 Å². The first-order valence-corrected chi connectivity index (χ1v) is 17.9. The van der Waals surface area contributed by atoms with Crippen LogP contribution in [-0.4, -0.2) is 89.7 Å². The van der Waals surface area contributed by atoms with E-state index < -0.39 is 17.4 Å². The summed E-state index contributed by atoms with van der Waals surface area (Å²) in [7, 11) is 1.65. The van der Waals surface area contributed by atoms with Crippen LogP contribution in [0.15, 0.2) is 52.7 Å². The van der Waals surface area contributed by atoms with Crippen LogP contribution in [0.1, 0.15) is 80.1 Å². The number of methoxy groups -OCH3 is 1. The molecular weight excluding hydrogens is 622 g/mol. The molecule has 49 heavy (non-hydrogen) atoms. The van der Waals surface area contributed by atoms with Crippen LogP contribution in [0.2, 0.25) is 0 Å². The Kier molecular flexibility index (Phi) is 9.26. The molecule has 3 atom stereocenters. The van der Waals surface area contributed by atoms with E-state index in [2.05, 4.69) is 23.3 Å². The van der Waals surface area contributed by atoms with Gasteiger partial charge in [0.2, 0.25) is 17.7 Å². The zero-order valence-corrected chi connectivity index (χ0v) is 28.6. The molecule has 11 nitrogen and oxygen atoms in total. The summed E-state index contributed by atoms with van der Waals surface area (Å²) in [5, 5.41) is 4.10. The molecule has 2 aromatic heterocycles. The zero-order chi connectivity index (χ0) is 34.1. The molecule has 3 aromatic rings. The van der Waals surface area contributed by atoms with Gasteiger partial charge in [-0.05, 0) is 87.3 Å². The fraction of sp³-hybridized carbons (Fsp3) is 0.526. The van der Waals surface area contributed by atoms with Gasteiger partial charge in [0, 0.05) is 68.2 Å². The number of carbonyl (C=O) groups excluding carboxylic acids is 4. The number of H-pyrrole nitrogens is 1. The number of allylic oxidation sites excluding steroid dienone is 1. The maximum absolute atomic E-state index is 14.8. The normalized spacial score (nSPS) is 23.9. The van der Waals surface area contributed by atoms with Gasteiger partial charge in [-0.15, -0.1) is 0 Å². The van der Waals surface area contributed by atoms with Crippen molar-refractivity contribution in [1.82, 2.24) is 25.0 Å². The van der Waals surface area contributed by atoms with Crippen LogP contribution in [-0.2, 0) is 26.3 Å². The molecule has 0 spiro atoms. The van der Waals surface area contributed by atoms with Crippen molar-refractivity contribution < 1.29 is 28.3 Å². The Labute approximate surface area is 287 Å². The van der Waals surface area contributed by atoms with Crippen molar-refractivity contribution in [3.63, 3.8) is 0 Å². The second-order valence-electron chi connectivity index (χ2n) is 13.9. The summed E-state index contributed by atoms with van der Waals surface area (Å²) in [6.07, 6.45) is 10.7. The average Bonchev–Trinajstić information content (AvgIpc) is 3.81. The third kappa shape index (κ3) is 6.01. The zero-order valence-electron chi connectivity index (χ0n) is 28.6. The first-order chi connectivity index (χ1) is 23.8. The quantitative estimate of drug-likeness (QED) is 0.316. The molecule has 1 unspecified atom stereocenters. The van der Waals surface area contributed by atoms with Crippen LogP contribution >= 0.6 is 0 Å². The minimum atomic E-state index is -0.893. The predicted octanol–water partition coefficient (Wildman–Crippen LogP) is 4.78. The largest absolute Gasteiger partial charge is 0.497 e. The van der Waals surface area contributed by atoms with Gasteiger partial charge in [0.25, 0.3) is 5.91 Å². The number of fused-ring (bicyclic) bond motifs is 5. The summed E-state index contributed by atoms with van der Waals surface area (Å²) in [6.45, 7) is 4.61. The molecule has 2 N–H and O–H groups in total. The number of rotatable bonds is 9. The highest BCUT2D eigenvalue weighted by Gasteiger charge is 2.59. The maximum atomic E-state index is 14.8. The molecule has 4 amide bonds. The van der Waals surface area contributed by atoms with E-state index in [1.54, 1.807) is 24.1 Å². The number of piperidine rings is 1. The monoisotopic (exact) mass is 669 g/mol. The van der Waals surface area contributed by atoms with Crippen LogP contribution < -0.4 is 10.1 Å². The lowest BCUT2D eigenvalue weighted by Crippen LogP contribution is -2.66. The standard InChI is InChI=1S/C38H47N5O6/c1-3-38-30(36(46)41-17-19-42(20-18-41)37(47)32-10-7-21-49-32)22-26(23-33(44)39-15-13-25-8-5-4-6-9-25)35(45)43(38)16-14-28-29-24-27(48-2)11-12-31(29)40-34(28)38/h7-8,10-12,21,24,26,30,40H,3-6,9,13-20,22-23H2,1-2H3,(H,39,44)/t26?,30-,38+/m1/s1. The topological polar surface area (TPSA) is 128 Å². The van der Waals surface area contributed by atoms with Crippen molar-refractivity contribution >= 4 is 34.5 Å². The Morgan fingerprint density at radius 2 is 1.88 bits per heavy atom. The van der Waals surface area contributed by atoms with Gasteiger partial charge in [-0.3, -0.25) is 19.2 Å². The van der Waals surface area contributed by atoms with Crippen LogP contribution in [0.3, 0.4) is 0 Å². The van der Waals surface area contributed by atoms with Gasteiger partial charge in [0.1, 0.15) is 5.75 Å². The van der Waals surface area contributed by atoms with Crippen molar-refractivity contribution in [3.05, 3.63) is 65.3 Å². The molecule has 0 saturated carbocycles. The molecule has 5 heterocycles. The number of hydrogen-bond acceptors (Lipinski definition) is 6. The van der Waals surface area contributed by atoms with E-state index in [1.807, 2.05) is 28.0 Å². The van der Waals surface area contributed by atoms with Crippen molar-refractivity contribution in [3.8, 4) is 5.75 Å². The number of hydrogen-bond donors (Lipinski definition) is 2. The van der Waals surface area contributed by atoms with Crippen molar-refractivity contribution in [2.75, 3.05) is 46.4 Å². The van der Waals surface area contributed by atoms with Crippen molar-refractivity contribution in [2.24, 2.45) is 11.8 Å². The molecule has 2 fully saturated rings. The number of nitrogens with zero attached hydrogens (tertiary/aromatic N) is 3. The Morgan fingerprint density at radius 1 is 1.06 bits per heavy atom. The number of benzene rings is 1. The minimum absolute atomic E-state index is 0.0387. The Hall–Kier alpha value is -4.54. The Bertz CT molecular complexity index is 1750. The molecule has 1 aromatic carbocycles. The molecule has 11 heteroatoms. The van der Waals surface area contributed by atoms with Gasteiger partial charge in [-0.1, -0.05) is 18.6 Å². The van der Waals surface area contributed by atoms with Crippen LogP contribution in [0.4, 0.5) is 0 Å². The fourth-order valence-electron chi connectivity index (χ4n) is 8.80. The van der Waals surface area contributed by atoms with E-state index in [9.17, 15) is 19.2 Å². The first-order valence-electron chi connectivity index (χ1n) is 17.9. The summed E-state index contributed by atoms with van der Waals surface area (Å²) in [5.74, 6) is -0.569. The third-order valence-corrected chi connectivity index (χ3v) is 11.4. The van der Waals surface area contributed by atoms with Crippen molar-refractivity contribution in [1.29, 1.82) is 0 Å². The van der Waals surface area contributed by atoms with Gasteiger partial charge in [-0.2, -0.15) is 0 Å². The number of piperazine rings is 1. The third-order valence-electron chi connectivity index (χ3n) is 11.4. The second-order valence-corrected chi connectivity index (χ2v) is 13.9. The van der Waals surface area contributed by atoms with Gasteiger partial charge < -0.3 is 34.2 Å². The van der Waals surface area contributed by atoms with Gasteiger partial charge >= 0.3 is 0 Å². The molecule has 3 aliphatic heterocycles. The van der Waals surface area contributed by atoms with E-state index in [0.717, 1.165) is 47.2 Å². The summed E-state index contributed by atoms with van der Waals surface area (Å²) in [5.41, 5.74) is 3.46. The lowest BCUT2D eigenvalue weighted by molar-refractivity contribution is -0.167. The first kappa shape index (κ1) is 33.0. The molecule has 1 aliphatic carbocycles. The summed E-state index contributed by atoms with van der Waals surface area (Å²) >= 11 is 0. The van der Waals surface area contributed by atoms with E-state index in [-0.39, 0.29) is 42.2 Å². The molecule has 4 aliphatic rings. The second kappa shape index (κ2) is 13.8. The summed E-state index contributed by atoms with van der Waals surface area (Å²) in [6, 6.07) is 9.28. The lowest BCUT2D eigenvalue weighted by atomic mass is 9.65. The Morgan fingerprint density at radius 3 is 2.59 bits per heavy atom. The van der Waals surface area contributed by atoms with Gasteiger partial charge in [-0.25, -0.2) is 0 Å². The van der Waals surface area contributed by atoms with Crippen LogP contribution in [0.5, 0.6) is 5.75 Å². The predicted molar refractivity (Wildman–Crippen MR) is 184 cm³/mol. The highest BCUT2D eigenvalue weighted by molar-refractivity contribution is 5.94. The number of ether oxygens (including phenoxy) is 1. The van der Waals surface area contributed by atoms with E-state index in [1.165, 1.54) is 24.7 Å². The Balaban J connectivity index is 1.16. The number of aromatic amines is 1. The van der Waals surface area contributed by atoms with E-state index >= 15 is 0 Å². The smallest absolute Gasteiger partial charge is 0.289 e. The van der Waals surface area contributed by atoms with Crippen LogP contribution in [0.25, 0.3) is 10.9 Å². The molecule has 7 rings (SSSR count). The van der Waals surface area contributed by atoms with Crippen molar-refractivity contribution in [2.45, 2.75) is 70.3 Å². The number of aromatic nitrogens is 1. The number of carbonyl (C=O) groups is 4. The fourth-order valence-corrected chi connectivity index (χ4v) is 8.80. The molecular formula is C38H47N5O6. The summed E-state index contributed by atoms with van der Waals surface area (Å²) in [4.78, 5) is 64.6. The molecule has 2 saturated heterocycles. The number of furan rings is 1.